The number of fused-ring (bicyclic) bond motifs is 1. The SMILES string of the molecule is CN1CCC/C1=N\S(=O)(=O)c1cccc(NC(=O)c2cccc3c2OCO3)c1. The fraction of sp³-hybridized carbons (Fsp3) is 0.263. The Balaban J connectivity index is 1.58. The van der Waals surface area contributed by atoms with Crippen molar-refractivity contribution in [1.29, 1.82) is 0 Å². The van der Waals surface area contributed by atoms with Crippen LogP contribution >= 0.6 is 0 Å². The number of amidine groups is 1. The van der Waals surface area contributed by atoms with Crippen molar-refractivity contribution in [2.45, 2.75) is 17.7 Å². The van der Waals surface area contributed by atoms with Crippen LogP contribution in [0.1, 0.15) is 23.2 Å². The Morgan fingerprint density at radius 2 is 2.00 bits per heavy atom. The number of likely N-dealkylation sites (tertiary alicyclic amines) is 1. The Morgan fingerprint density at radius 1 is 1.18 bits per heavy atom. The lowest BCUT2D eigenvalue weighted by atomic mass is 10.1. The van der Waals surface area contributed by atoms with Gasteiger partial charge >= 0.3 is 0 Å². The molecule has 28 heavy (non-hydrogen) atoms. The van der Waals surface area contributed by atoms with E-state index in [0.29, 0.717) is 35.0 Å². The maximum Gasteiger partial charge on any atom is 0.284 e. The predicted molar refractivity (Wildman–Crippen MR) is 103 cm³/mol. The Morgan fingerprint density at radius 3 is 2.79 bits per heavy atom. The third-order valence-corrected chi connectivity index (χ3v) is 5.89. The van der Waals surface area contributed by atoms with E-state index in [1.165, 1.54) is 12.1 Å². The van der Waals surface area contributed by atoms with Crippen molar-refractivity contribution in [3.8, 4) is 11.5 Å². The Kier molecular flexibility index (Phi) is 4.68. The average molecular weight is 401 g/mol. The zero-order chi connectivity index (χ0) is 19.7. The molecule has 0 bridgehead atoms. The summed E-state index contributed by atoms with van der Waals surface area (Å²) in [6.45, 7) is 0.847. The monoisotopic (exact) mass is 401 g/mol. The lowest BCUT2D eigenvalue weighted by Crippen LogP contribution is -2.20. The van der Waals surface area contributed by atoms with Crippen LogP contribution in [0.5, 0.6) is 11.5 Å². The van der Waals surface area contributed by atoms with Gasteiger partial charge in [-0.15, -0.1) is 4.40 Å². The van der Waals surface area contributed by atoms with Gasteiger partial charge in [0.05, 0.1) is 10.5 Å². The number of para-hydroxylation sites is 1. The topological polar surface area (TPSA) is 97.3 Å². The average Bonchev–Trinajstić information content (AvgIpc) is 3.30. The van der Waals surface area contributed by atoms with Gasteiger partial charge in [-0.3, -0.25) is 4.79 Å². The number of carbonyl (C=O) groups is 1. The predicted octanol–water partition coefficient (Wildman–Crippen LogP) is 2.48. The summed E-state index contributed by atoms with van der Waals surface area (Å²) >= 11 is 0. The normalized spacial score (nSPS) is 17.2. The zero-order valence-corrected chi connectivity index (χ0v) is 16.0. The highest BCUT2D eigenvalue weighted by atomic mass is 32.2. The van der Waals surface area contributed by atoms with E-state index in [9.17, 15) is 13.2 Å². The summed E-state index contributed by atoms with van der Waals surface area (Å²) in [7, 11) is -2.04. The molecule has 0 radical (unpaired) electrons. The summed E-state index contributed by atoms with van der Waals surface area (Å²) < 4.78 is 39.8. The van der Waals surface area contributed by atoms with Gasteiger partial charge in [0.1, 0.15) is 5.84 Å². The number of nitrogens with zero attached hydrogens (tertiary/aromatic N) is 2. The molecule has 0 unspecified atom stereocenters. The number of carbonyl (C=O) groups excluding carboxylic acids is 1. The molecule has 2 aliphatic rings. The van der Waals surface area contributed by atoms with E-state index in [1.807, 2.05) is 11.9 Å². The van der Waals surface area contributed by atoms with Crippen LogP contribution in [0, 0.1) is 0 Å². The summed E-state index contributed by atoms with van der Waals surface area (Å²) in [5.74, 6) is 1.00. The van der Waals surface area contributed by atoms with Gasteiger partial charge in [-0.25, -0.2) is 0 Å². The summed E-state index contributed by atoms with van der Waals surface area (Å²) in [5, 5.41) is 2.71. The number of hydrogen-bond acceptors (Lipinski definition) is 5. The van der Waals surface area contributed by atoms with Gasteiger partial charge in [-0.1, -0.05) is 12.1 Å². The molecule has 2 aliphatic heterocycles. The van der Waals surface area contributed by atoms with Crippen molar-refractivity contribution >= 4 is 27.5 Å². The van der Waals surface area contributed by atoms with Gasteiger partial charge in [0.25, 0.3) is 15.9 Å². The zero-order valence-electron chi connectivity index (χ0n) is 15.2. The molecular formula is C19H19N3O5S. The molecule has 1 saturated heterocycles. The van der Waals surface area contributed by atoms with Gasteiger partial charge < -0.3 is 19.7 Å². The maximum atomic E-state index is 12.6. The molecule has 9 heteroatoms. The smallest absolute Gasteiger partial charge is 0.284 e. The van der Waals surface area contributed by atoms with Crippen molar-refractivity contribution in [3.05, 3.63) is 48.0 Å². The van der Waals surface area contributed by atoms with Crippen LogP contribution in [-0.2, 0) is 10.0 Å². The van der Waals surface area contributed by atoms with Crippen molar-refractivity contribution in [2.75, 3.05) is 25.7 Å². The molecule has 0 saturated carbocycles. The van der Waals surface area contributed by atoms with E-state index in [-0.39, 0.29) is 11.7 Å². The van der Waals surface area contributed by atoms with Gasteiger partial charge in [0.2, 0.25) is 6.79 Å². The largest absolute Gasteiger partial charge is 0.454 e. The first-order valence-corrected chi connectivity index (χ1v) is 10.2. The second-order valence-electron chi connectivity index (χ2n) is 6.53. The highest BCUT2D eigenvalue weighted by molar-refractivity contribution is 7.90. The molecule has 1 N–H and O–H groups in total. The molecule has 1 amide bonds. The van der Waals surface area contributed by atoms with Crippen LogP contribution in [0.3, 0.4) is 0 Å². The van der Waals surface area contributed by atoms with Gasteiger partial charge in [0.15, 0.2) is 11.5 Å². The third-order valence-electron chi connectivity index (χ3n) is 4.59. The van der Waals surface area contributed by atoms with Crippen molar-refractivity contribution in [3.63, 3.8) is 0 Å². The first kappa shape index (κ1) is 18.3. The van der Waals surface area contributed by atoms with E-state index < -0.39 is 15.9 Å². The number of rotatable bonds is 4. The lowest BCUT2D eigenvalue weighted by molar-refractivity contribution is 0.102. The molecule has 2 aromatic carbocycles. The fourth-order valence-corrected chi connectivity index (χ4v) is 4.28. The molecule has 4 rings (SSSR count). The van der Waals surface area contributed by atoms with Gasteiger partial charge in [0, 0.05) is 25.7 Å². The second kappa shape index (κ2) is 7.16. The number of anilines is 1. The number of sulfonamides is 1. The summed E-state index contributed by atoms with van der Waals surface area (Å²) in [6.07, 6.45) is 1.52. The maximum absolute atomic E-state index is 12.6. The molecule has 146 valence electrons. The Hall–Kier alpha value is -3.07. The van der Waals surface area contributed by atoms with Crippen LogP contribution in [0.15, 0.2) is 51.8 Å². The van der Waals surface area contributed by atoms with Crippen LogP contribution in [0.4, 0.5) is 5.69 Å². The summed E-state index contributed by atoms with van der Waals surface area (Å²) in [5.41, 5.74) is 0.665. The van der Waals surface area contributed by atoms with Crippen molar-refractivity contribution in [1.82, 2.24) is 4.90 Å². The molecule has 0 aliphatic carbocycles. The minimum Gasteiger partial charge on any atom is -0.454 e. The number of hydrogen-bond donors (Lipinski definition) is 1. The number of amides is 1. The van der Waals surface area contributed by atoms with Crippen LogP contribution in [-0.4, -0.2) is 45.4 Å². The van der Waals surface area contributed by atoms with E-state index in [1.54, 1.807) is 30.3 Å². The minimum atomic E-state index is -3.86. The van der Waals surface area contributed by atoms with Crippen molar-refractivity contribution in [2.24, 2.45) is 4.40 Å². The van der Waals surface area contributed by atoms with E-state index >= 15 is 0 Å². The molecule has 0 aromatic heterocycles. The van der Waals surface area contributed by atoms with E-state index in [4.69, 9.17) is 9.47 Å². The molecule has 1 fully saturated rings. The van der Waals surface area contributed by atoms with Crippen LogP contribution < -0.4 is 14.8 Å². The van der Waals surface area contributed by atoms with E-state index in [0.717, 1.165) is 13.0 Å². The lowest BCUT2D eigenvalue weighted by Gasteiger charge is -2.11. The van der Waals surface area contributed by atoms with Gasteiger partial charge in [-0.05, 0) is 36.8 Å². The Labute approximate surface area is 162 Å². The van der Waals surface area contributed by atoms with Crippen LogP contribution in [0.2, 0.25) is 0 Å². The molecular weight excluding hydrogens is 382 g/mol. The summed E-state index contributed by atoms with van der Waals surface area (Å²) in [6, 6.07) is 11.1. The van der Waals surface area contributed by atoms with Crippen molar-refractivity contribution < 1.29 is 22.7 Å². The first-order valence-electron chi connectivity index (χ1n) is 8.79. The Bertz CT molecular complexity index is 1060. The van der Waals surface area contributed by atoms with Crippen LogP contribution in [0.25, 0.3) is 0 Å². The standard InChI is InChI=1S/C19H19N3O5S/c1-22-10-4-9-17(22)21-28(24,25)14-6-2-5-13(11-14)20-19(23)15-7-3-8-16-18(15)27-12-26-16/h2-3,5-8,11H,4,9-10,12H2,1H3,(H,20,23)/b21-17+. The minimum absolute atomic E-state index is 0.0240. The number of benzene rings is 2. The molecule has 2 aromatic rings. The highest BCUT2D eigenvalue weighted by Crippen LogP contribution is 2.35. The molecule has 0 atom stereocenters. The fourth-order valence-electron chi connectivity index (χ4n) is 3.14. The quantitative estimate of drug-likeness (QED) is 0.845. The summed E-state index contributed by atoms with van der Waals surface area (Å²) in [4.78, 5) is 14.5. The van der Waals surface area contributed by atoms with E-state index in [2.05, 4.69) is 9.71 Å². The van der Waals surface area contributed by atoms with Gasteiger partial charge in [-0.2, -0.15) is 8.42 Å². The third kappa shape index (κ3) is 3.53. The molecule has 0 spiro atoms. The molecule has 8 nitrogen and oxygen atoms in total. The molecule has 2 heterocycles. The number of ether oxygens (including phenoxy) is 2. The highest BCUT2D eigenvalue weighted by Gasteiger charge is 2.23. The number of nitrogens with one attached hydrogen (secondary N) is 1. The first-order chi connectivity index (χ1) is 13.4. The second-order valence-corrected chi connectivity index (χ2v) is 8.13.